The first kappa shape index (κ1) is 69.4. The maximum absolute atomic E-state index is 5.10. The largest absolute Gasteiger partial charge is 0.309 e. The van der Waals surface area contributed by atoms with E-state index in [1.165, 1.54) is 136 Å². The van der Waals surface area contributed by atoms with Gasteiger partial charge in [0.1, 0.15) is 0 Å². The topological polar surface area (TPSA) is 87.2 Å². The van der Waals surface area contributed by atoms with Crippen LogP contribution in [0, 0.1) is 0 Å². The molecule has 0 amide bonds. The Labute approximate surface area is 701 Å². The summed E-state index contributed by atoms with van der Waals surface area (Å²) in [4.78, 5) is 35.2. The van der Waals surface area contributed by atoms with Crippen molar-refractivity contribution in [3.05, 3.63) is 457 Å². The van der Waals surface area contributed by atoms with E-state index in [0.29, 0.717) is 34.9 Å². The Morgan fingerprint density at radius 1 is 0.183 bits per heavy atom. The summed E-state index contributed by atoms with van der Waals surface area (Å²) in [6.45, 7) is 0. The Bertz CT molecular complexity index is 7640. The molecule has 0 saturated carbocycles. The van der Waals surface area contributed by atoms with Crippen LogP contribution in [0.5, 0.6) is 0 Å². The summed E-state index contributed by atoms with van der Waals surface area (Å²) in [5.41, 5.74) is 29.6. The average Bonchev–Trinajstić information content (AvgIpc) is 1.29. The molecule has 120 heavy (non-hydrogen) atoms. The highest BCUT2D eigenvalue weighted by Gasteiger charge is 2.52. The predicted molar refractivity (Wildman–Crippen MR) is 489 cm³/mol. The van der Waals surface area contributed by atoms with E-state index in [1.807, 2.05) is 108 Å². The van der Waals surface area contributed by atoms with Crippen molar-refractivity contribution < 1.29 is 0 Å². The van der Waals surface area contributed by atoms with E-state index in [0.717, 1.165) is 50.1 Å². The van der Waals surface area contributed by atoms with E-state index < -0.39 is 10.8 Å². The van der Waals surface area contributed by atoms with Crippen molar-refractivity contribution in [2.75, 3.05) is 0 Å². The van der Waals surface area contributed by atoms with Crippen LogP contribution in [0.3, 0.4) is 0 Å². The number of aromatic nitrogens is 8. The second-order valence-corrected chi connectivity index (χ2v) is 33.1. The molecule has 0 aliphatic carbocycles. The van der Waals surface area contributed by atoms with E-state index in [-0.39, 0.29) is 0 Å². The fourth-order valence-corrected chi connectivity index (χ4v) is 22.1. The molecule has 0 saturated heterocycles. The normalized spacial score (nSPS) is 14.8. The van der Waals surface area contributed by atoms with Crippen molar-refractivity contribution >= 4 is 67.1 Å². The molecule has 8 nitrogen and oxygen atoms in total. The maximum Gasteiger partial charge on any atom is 0.164 e. The van der Waals surface area contributed by atoms with Gasteiger partial charge in [0.2, 0.25) is 0 Å². The minimum atomic E-state index is -0.540. The molecule has 8 heterocycles. The van der Waals surface area contributed by atoms with Gasteiger partial charge >= 0.3 is 0 Å². The number of nitrogens with zero attached hydrogens (tertiary/aromatic N) is 8. The van der Waals surface area contributed by atoms with Crippen LogP contribution in [0.4, 0.5) is 0 Å². The first-order chi connectivity index (χ1) is 59.5. The Morgan fingerprint density at radius 2 is 0.442 bits per heavy atom. The average molecular weight is 1570 g/mol. The number of fused-ring (bicyclic) bond motifs is 22. The molecular weight excluding hydrogens is 1500 g/mol. The van der Waals surface area contributed by atoms with E-state index >= 15 is 0 Å². The monoisotopic (exact) mass is 1560 g/mol. The van der Waals surface area contributed by atoms with Crippen molar-refractivity contribution in [2.45, 2.75) is 30.4 Å². The van der Waals surface area contributed by atoms with Crippen LogP contribution in [0.1, 0.15) is 44.5 Å². The third-order valence-electron chi connectivity index (χ3n) is 24.7. The van der Waals surface area contributed by atoms with Crippen LogP contribution in [0.15, 0.2) is 432 Å². The molecule has 17 aromatic carbocycles. The quantitative estimate of drug-likeness (QED) is 0.141. The molecule has 560 valence electrons. The Kier molecular flexibility index (Phi) is 16.1. The molecule has 4 aliphatic heterocycles. The molecule has 25 rings (SSSR count). The van der Waals surface area contributed by atoms with Crippen molar-refractivity contribution in [3.63, 3.8) is 0 Å². The first-order valence-electron chi connectivity index (χ1n) is 40.6. The number of hydrogen-bond donors (Lipinski definition) is 0. The van der Waals surface area contributed by atoms with Gasteiger partial charge in [-0.05, 0) is 114 Å². The summed E-state index contributed by atoms with van der Waals surface area (Å²) >= 11 is 3.76. The molecule has 0 radical (unpaired) electrons. The molecule has 4 aliphatic rings. The molecule has 0 bridgehead atoms. The molecule has 21 aromatic rings. The van der Waals surface area contributed by atoms with Crippen molar-refractivity contribution in [3.8, 4) is 113 Å². The van der Waals surface area contributed by atoms with Gasteiger partial charge in [0, 0.05) is 74.5 Å². The maximum atomic E-state index is 5.10. The molecule has 0 N–H and O–H groups in total. The fourth-order valence-electron chi connectivity index (χ4n) is 19.5. The third-order valence-corrected chi connectivity index (χ3v) is 27.1. The zero-order valence-corrected chi connectivity index (χ0v) is 66.3. The Morgan fingerprint density at radius 3 is 0.825 bits per heavy atom. The fraction of sp³-hybridized carbons (Fsp3) is 0.0182. The summed E-state index contributed by atoms with van der Waals surface area (Å²) in [6, 6.07) is 148. The van der Waals surface area contributed by atoms with Gasteiger partial charge < -0.3 is 9.13 Å². The lowest BCUT2D eigenvalue weighted by molar-refractivity contribution is 0.690. The van der Waals surface area contributed by atoms with E-state index in [4.69, 9.17) is 29.9 Å². The molecule has 2 unspecified atom stereocenters. The van der Waals surface area contributed by atoms with Crippen molar-refractivity contribution in [1.29, 1.82) is 0 Å². The number of para-hydroxylation sites is 6. The number of benzene rings is 17. The van der Waals surface area contributed by atoms with Crippen LogP contribution in [-0.4, -0.2) is 39.0 Å². The van der Waals surface area contributed by atoms with E-state index in [9.17, 15) is 0 Å². The molecule has 2 atom stereocenters. The summed E-state index contributed by atoms with van der Waals surface area (Å²) < 4.78 is 5.00. The van der Waals surface area contributed by atoms with Crippen LogP contribution in [0.25, 0.3) is 157 Å². The summed E-state index contributed by atoms with van der Waals surface area (Å²) in [5, 5.41) is 5.11. The van der Waals surface area contributed by atoms with Gasteiger partial charge in [-0.25, -0.2) is 29.9 Å². The summed E-state index contributed by atoms with van der Waals surface area (Å²) in [7, 11) is 0. The smallest absolute Gasteiger partial charge is 0.164 e. The van der Waals surface area contributed by atoms with Crippen LogP contribution >= 0.6 is 23.5 Å². The minimum absolute atomic E-state index is 0.528. The van der Waals surface area contributed by atoms with Gasteiger partial charge in [-0.15, -0.1) is 0 Å². The number of rotatable bonds is 9. The lowest BCUT2D eigenvalue weighted by Crippen LogP contribution is -2.37. The van der Waals surface area contributed by atoms with E-state index in [1.54, 1.807) is 0 Å². The third kappa shape index (κ3) is 10.7. The molecule has 0 fully saturated rings. The highest BCUT2D eigenvalue weighted by Crippen LogP contribution is 2.64. The van der Waals surface area contributed by atoms with Crippen LogP contribution < -0.4 is 0 Å². The van der Waals surface area contributed by atoms with Gasteiger partial charge in [0.25, 0.3) is 0 Å². The zero-order valence-electron chi connectivity index (χ0n) is 64.7. The molecule has 2 spiro atoms. The van der Waals surface area contributed by atoms with Crippen LogP contribution in [-0.2, 0) is 10.8 Å². The first-order valence-corrected chi connectivity index (χ1v) is 42.3. The molecule has 4 aromatic heterocycles. The molecular formula is C110H68N8S2. The van der Waals surface area contributed by atoms with Gasteiger partial charge in [-0.2, -0.15) is 0 Å². The number of hydrogen-bond acceptors (Lipinski definition) is 8. The van der Waals surface area contributed by atoms with Gasteiger partial charge in [-0.1, -0.05) is 400 Å². The second kappa shape index (κ2) is 27.9. The standard InChI is InChI=1S/C58H36N4S.C52H32N4S/c1-3-15-37(16-4-1)38-29-33-41(34-30-38)56-59-55(40-17-5-2-6-18-40)60-57(61-56)42-35-31-39(32-36-42)43-20-13-25-49-54(43)63-52-28-12-9-23-47(52)58(49)46-22-8-11-27-51(46)62-50-26-10-7-19-44(50)45-21-14-24-48(58)53(45)62;1-3-15-34(16-4-1)49-53-50(35-17-5-2-6-18-35)55-51(54-49)36-31-29-33(30-32-36)37-20-13-25-43-48(37)57-46-28-12-9-23-41(46)52(43)40-22-8-11-27-45(40)56-44-26-10-7-19-38(44)39-21-14-24-42(52)47(39)56/h1-36H;1-32H. The molecule has 10 heteroatoms. The van der Waals surface area contributed by atoms with Crippen LogP contribution in [0.2, 0.25) is 0 Å². The highest BCUT2D eigenvalue weighted by molar-refractivity contribution is 8.00. The van der Waals surface area contributed by atoms with Crippen molar-refractivity contribution in [2.24, 2.45) is 0 Å². The second-order valence-electron chi connectivity index (χ2n) is 31.0. The minimum Gasteiger partial charge on any atom is -0.309 e. The Hall–Kier alpha value is -14.9. The summed E-state index contributed by atoms with van der Waals surface area (Å²) in [5.74, 6) is 3.88. The van der Waals surface area contributed by atoms with Gasteiger partial charge in [-0.3, -0.25) is 0 Å². The highest BCUT2D eigenvalue weighted by atomic mass is 32.2. The predicted octanol–water partition coefficient (Wildman–Crippen LogP) is 27.3. The van der Waals surface area contributed by atoms with Crippen molar-refractivity contribution in [1.82, 2.24) is 39.0 Å². The van der Waals surface area contributed by atoms with Gasteiger partial charge in [0.15, 0.2) is 34.9 Å². The van der Waals surface area contributed by atoms with E-state index in [2.05, 4.69) is 337 Å². The summed E-state index contributed by atoms with van der Waals surface area (Å²) in [6.07, 6.45) is 0. The lowest BCUT2D eigenvalue weighted by atomic mass is 9.62. The van der Waals surface area contributed by atoms with Gasteiger partial charge in [0.05, 0.1) is 44.3 Å². The SMILES string of the molecule is c1ccc(-c2ccc(-c3nc(-c4ccccc4)nc(-c4ccc(-c5cccc6c5Sc5ccccc5C65c6ccccc6-n6c7ccccc7c7cccc5c76)cc4)n3)cc2)cc1.c1ccc(-c2nc(-c3ccccc3)nc(-c3ccc(-c4cccc5c4Sc4ccccc4C54c5ccccc5-n5c6ccccc6c6cccc4c65)cc3)n2)cc1. The zero-order chi connectivity index (χ0) is 79.0. The lowest BCUT2D eigenvalue weighted by Gasteiger charge is -2.45. The Balaban J connectivity index is 0.000000137.